The third-order valence-corrected chi connectivity index (χ3v) is 4.96. The van der Waals surface area contributed by atoms with Crippen LogP contribution in [-0.2, 0) is 9.59 Å². The van der Waals surface area contributed by atoms with Crippen LogP contribution in [0.4, 0.5) is 11.4 Å². The number of benzene rings is 2. The molecule has 6 heteroatoms. The summed E-state index contributed by atoms with van der Waals surface area (Å²) in [5.41, 5.74) is 2.38. The predicted octanol–water partition coefficient (Wildman–Crippen LogP) is 3.85. The van der Waals surface area contributed by atoms with E-state index in [4.69, 9.17) is 0 Å². The van der Waals surface area contributed by atoms with Gasteiger partial charge in [-0.1, -0.05) is 36.4 Å². The van der Waals surface area contributed by atoms with E-state index in [2.05, 4.69) is 10.6 Å². The SMILES string of the molecule is Cc1c(NC(=O)c2ccccc2)cccc1NC(=O)[C@H]1CC=CC[C@@H]1C(=O)O. The zero-order valence-corrected chi connectivity index (χ0v) is 15.5. The Kier molecular flexibility index (Phi) is 5.89. The monoisotopic (exact) mass is 378 g/mol. The second-order valence-corrected chi connectivity index (χ2v) is 6.78. The first kappa shape index (κ1) is 19.4. The minimum Gasteiger partial charge on any atom is -0.481 e. The number of rotatable bonds is 5. The van der Waals surface area contributed by atoms with Crippen LogP contribution >= 0.6 is 0 Å². The molecular weight excluding hydrogens is 356 g/mol. The Labute approximate surface area is 163 Å². The maximum atomic E-state index is 12.7. The number of carboxylic acids is 1. The summed E-state index contributed by atoms with van der Waals surface area (Å²) in [5.74, 6) is -2.89. The molecule has 2 amide bonds. The Balaban J connectivity index is 1.75. The fraction of sp³-hybridized carbons (Fsp3) is 0.227. The van der Waals surface area contributed by atoms with Gasteiger partial charge in [0.1, 0.15) is 0 Å². The van der Waals surface area contributed by atoms with Gasteiger partial charge in [0.2, 0.25) is 5.91 Å². The van der Waals surface area contributed by atoms with Crippen molar-refractivity contribution in [3.05, 3.63) is 71.8 Å². The lowest BCUT2D eigenvalue weighted by atomic mass is 9.82. The van der Waals surface area contributed by atoms with E-state index in [1.165, 1.54) is 0 Å². The molecule has 0 saturated carbocycles. The number of carbonyl (C=O) groups excluding carboxylic acids is 2. The average molecular weight is 378 g/mol. The summed E-state index contributed by atoms with van der Waals surface area (Å²) in [7, 11) is 0. The van der Waals surface area contributed by atoms with Gasteiger partial charge in [-0.15, -0.1) is 0 Å². The Morgan fingerprint density at radius 2 is 1.46 bits per heavy atom. The smallest absolute Gasteiger partial charge is 0.307 e. The standard InChI is InChI=1S/C22H22N2O4/c1-14-18(23-20(25)15-8-3-2-4-9-15)12-7-13-19(14)24-21(26)16-10-5-6-11-17(16)22(27)28/h2-9,12-13,16-17H,10-11H2,1H3,(H,23,25)(H,24,26)(H,27,28)/t16-,17-/m0/s1. The van der Waals surface area contributed by atoms with Crippen molar-refractivity contribution in [1.29, 1.82) is 0 Å². The van der Waals surface area contributed by atoms with Gasteiger partial charge in [0.15, 0.2) is 0 Å². The Hall–Kier alpha value is -3.41. The molecule has 1 aliphatic rings. The van der Waals surface area contributed by atoms with E-state index in [1.54, 1.807) is 55.5 Å². The minimum atomic E-state index is -0.968. The highest BCUT2D eigenvalue weighted by molar-refractivity contribution is 6.05. The molecule has 0 bridgehead atoms. The first-order chi connectivity index (χ1) is 13.5. The summed E-state index contributed by atoms with van der Waals surface area (Å²) in [6, 6.07) is 14.1. The largest absolute Gasteiger partial charge is 0.481 e. The van der Waals surface area contributed by atoms with E-state index in [0.717, 1.165) is 0 Å². The lowest BCUT2D eigenvalue weighted by Gasteiger charge is -2.24. The highest BCUT2D eigenvalue weighted by atomic mass is 16.4. The number of allylic oxidation sites excluding steroid dienone is 2. The molecule has 0 aliphatic heterocycles. The Morgan fingerprint density at radius 3 is 2.11 bits per heavy atom. The second kappa shape index (κ2) is 8.52. The maximum absolute atomic E-state index is 12.7. The number of carboxylic acid groups (broad SMARTS) is 1. The van der Waals surface area contributed by atoms with Crippen molar-refractivity contribution in [3.63, 3.8) is 0 Å². The molecule has 3 N–H and O–H groups in total. The quantitative estimate of drug-likeness (QED) is 0.689. The Bertz CT molecular complexity index is 921. The van der Waals surface area contributed by atoms with Gasteiger partial charge in [-0.05, 0) is 49.6 Å². The van der Waals surface area contributed by atoms with E-state index in [-0.39, 0.29) is 11.8 Å². The van der Waals surface area contributed by atoms with Crippen molar-refractivity contribution >= 4 is 29.2 Å². The average Bonchev–Trinajstić information content (AvgIpc) is 2.71. The summed E-state index contributed by atoms with van der Waals surface area (Å²) < 4.78 is 0. The molecule has 144 valence electrons. The molecule has 3 rings (SSSR count). The van der Waals surface area contributed by atoms with Crippen molar-refractivity contribution in [2.45, 2.75) is 19.8 Å². The second-order valence-electron chi connectivity index (χ2n) is 6.78. The molecule has 2 aromatic rings. The summed E-state index contributed by atoms with van der Waals surface area (Å²) >= 11 is 0. The fourth-order valence-electron chi connectivity index (χ4n) is 3.29. The summed E-state index contributed by atoms with van der Waals surface area (Å²) in [6.45, 7) is 1.80. The van der Waals surface area contributed by atoms with Gasteiger partial charge in [-0.3, -0.25) is 14.4 Å². The van der Waals surface area contributed by atoms with E-state index >= 15 is 0 Å². The van der Waals surface area contributed by atoms with Crippen LogP contribution in [0.5, 0.6) is 0 Å². The molecule has 2 aromatic carbocycles. The zero-order chi connectivity index (χ0) is 20.1. The first-order valence-electron chi connectivity index (χ1n) is 9.12. The summed E-state index contributed by atoms with van der Waals surface area (Å²) in [4.78, 5) is 36.5. The van der Waals surface area contributed by atoms with E-state index in [1.807, 2.05) is 12.1 Å². The molecule has 0 saturated heterocycles. The van der Waals surface area contributed by atoms with Crippen LogP contribution in [0.2, 0.25) is 0 Å². The number of hydrogen-bond acceptors (Lipinski definition) is 3. The summed E-state index contributed by atoms with van der Waals surface area (Å²) in [6.07, 6.45) is 4.38. The van der Waals surface area contributed by atoms with Crippen LogP contribution in [0.25, 0.3) is 0 Å². The highest BCUT2D eigenvalue weighted by Gasteiger charge is 2.34. The zero-order valence-electron chi connectivity index (χ0n) is 15.5. The van der Waals surface area contributed by atoms with Crippen LogP contribution in [0.1, 0.15) is 28.8 Å². The predicted molar refractivity (Wildman–Crippen MR) is 107 cm³/mol. The van der Waals surface area contributed by atoms with Crippen molar-refractivity contribution in [2.75, 3.05) is 10.6 Å². The van der Waals surface area contributed by atoms with Crippen molar-refractivity contribution in [2.24, 2.45) is 11.8 Å². The molecule has 1 aliphatic carbocycles. The molecular formula is C22H22N2O4. The molecule has 6 nitrogen and oxygen atoms in total. The van der Waals surface area contributed by atoms with Crippen LogP contribution in [0.15, 0.2) is 60.7 Å². The van der Waals surface area contributed by atoms with Gasteiger partial charge in [0.25, 0.3) is 5.91 Å². The van der Waals surface area contributed by atoms with Crippen molar-refractivity contribution in [3.8, 4) is 0 Å². The van der Waals surface area contributed by atoms with E-state index in [0.29, 0.717) is 35.3 Å². The molecule has 0 heterocycles. The first-order valence-corrected chi connectivity index (χ1v) is 9.12. The normalized spacial score (nSPS) is 18.3. The molecule has 0 fully saturated rings. The van der Waals surface area contributed by atoms with Gasteiger partial charge in [-0.25, -0.2) is 0 Å². The van der Waals surface area contributed by atoms with E-state index in [9.17, 15) is 19.5 Å². The lowest BCUT2D eigenvalue weighted by molar-refractivity contribution is -0.146. The van der Waals surface area contributed by atoms with Gasteiger partial charge in [0.05, 0.1) is 11.8 Å². The van der Waals surface area contributed by atoms with Crippen LogP contribution < -0.4 is 10.6 Å². The van der Waals surface area contributed by atoms with Gasteiger partial charge < -0.3 is 15.7 Å². The molecule has 0 radical (unpaired) electrons. The van der Waals surface area contributed by atoms with E-state index < -0.39 is 17.8 Å². The minimum absolute atomic E-state index is 0.240. The number of nitrogens with one attached hydrogen (secondary N) is 2. The number of carbonyl (C=O) groups is 3. The topological polar surface area (TPSA) is 95.5 Å². The summed E-state index contributed by atoms with van der Waals surface area (Å²) in [5, 5.41) is 15.1. The number of hydrogen-bond donors (Lipinski definition) is 3. The third kappa shape index (κ3) is 4.28. The van der Waals surface area contributed by atoms with Gasteiger partial charge >= 0.3 is 5.97 Å². The maximum Gasteiger partial charge on any atom is 0.307 e. The van der Waals surface area contributed by atoms with Gasteiger partial charge in [-0.2, -0.15) is 0 Å². The molecule has 2 atom stereocenters. The lowest BCUT2D eigenvalue weighted by Crippen LogP contribution is -2.34. The van der Waals surface area contributed by atoms with Crippen LogP contribution in [0.3, 0.4) is 0 Å². The van der Waals surface area contributed by atoms with Crippen LogP contribution in [-0.4, -0.2) is 22.9 Å². The fourth-order valence-corrected chi connectivity index (χ4v) is 3.29. The van der Waals surface area contributed by atoms with Gasteiger partial charge in [0, 0.05) is 16.9 Å². The molecule has 0 aromatic heterocycles. The highest BCUT2D eigenvalue weighted by Crippen LogP contribution is 2.29. The van der Waals surface area contributed by atoms with Crippen LogP contribution in [0, 0.1) is 18.8 Å². The Morgan fingerprint density at radius 1 is 0.857 bits per heavy atom. The number of aliphatic carboxylic acids is 1. The number of anilines is 2. The number of amides is 2. The van der Waals surface area contributed by atoms with Crippen molar-refractivity contribution in [1.82, 2.24) is 0 Å². The molecule has 0 unspecified atom stereocenters. The van der Waals surface area contributed by atoms with Crippen molar-refractivity contribution < 1.29 is 19.5 Å². The molecule has 0 spiro atoms. The molecule has 28 heavy (non-hydrogen) atoms. The third-order valence-electron chi connectivity index (χ3n) is 4.96.